The maximum absolute atomic E-state index is 14.5. The van der Waals surface area contributed by atoms with Gasteiger partial charge >= 0.3 is 0 Å². The molecule has 3 aromatic heterocycles. The molecule has 1 amide bonds. The number of carbonyl (C=O) groups excluding carboxylic acids is 1. The van der Waals surface area contributed by atoms with Crippen molar-refractivity contribution in [3.05, 3.63) is 59.7 Å². The number of anilines is 2. The third-order valence-corrected chi connectivity index (χ3v) is 6.86. The fraction of sp³-hybridized carbons (Fsp3) is 0.385. The molecule has 0 radical (unpaired) electrons. The van der Waals surface area contributed by atoms with Crippen molar-refractivity contribution in [3.8, 4) is 0 Å². The number of piperidine rings is 1. The van der Waals surface area contributed by atoms with Crippen molar-refractivity contribution in [3.63, 3.8) is 0 Å². The smallest absolute Gasteiger partial charge is 0.257 e. The predicted molar refractivity (Wildman–Crippen MR) is 134 cm³/mol. The van der Waals surface area contributed by atoms with E-state index in [2.05, 4.69) is 30.5 Å². The Kier molecular flexibility index (Phi) is 5.36. The summed E-state index contributed by atoms with van der Waals surface area (Å²) in [6.07, 6.45) is 9.97. The van der Waals surface area contributed by atoms with Crippen LogP contribution in [0.1, 0.15) is 47.6 Å². The van der Waals surface area contributed by atoms with Gasteiger partial charge in [-0.15, -0.1) is 0 Å². The summed E-state index contributed by atoms with van der Waals surface area (Å²) in [4.78, 5) is 28.9. The van der Waals surface area contributed by atoms with Crippen molar-refractivity contribution in [1.82, 2.24) is 24.7 Å². The normalized spacial score (nSPS) is 16.8. The number of aromatic nitrogens is 4. The second kappa shape index (κ2) is 8.57. The van der Waals surface area contributed by atoms with Gasteiger partial charge in [0.2, 0.25) is 0 Å². The lowest BCUT2D eigenvalue weighted by Crippen LogP contribution is -2.43. The van der Waals surface area contributed by atoms with Gasteiger partial charge in [-0.2, -0.15) is 0 Å². The maximum Gasteiger partial charge on any atom is 0.257 e. The van der Waals surface area contributed by atoms with E-state index in [1.54, 1.807) is 29.9 Å². The van der Waals surface area contributed by atoms with Crippen LogP contribution in [0.4, 0.5) is 15.8 Å². The highest BCUT2D eigenvalue weighted by molar-refractivity contribution is 6.13. The summed E-state index contributed by atoms with van der Waals surface area (Å²) in [6, 6.07) is 6.37. The Balaban J connectivity index is 1.29. The number of aryl methyl sites for hydroxylation is 2. The van der Waals surface area contributed by atoms with Gasteiger partial charge < -0.3 is 19.9 Å². The van der Waals surface area contributed by atoms with E-state index in [-0.39, 0.29) is 11.6 Å². The van der Waals surface area contributed by atoms with Crippen molar-refractivity contribution in [1.29, 1.82) is 0 Å². The summed E-state index contributed by atoms with van der Waals surface area (Å²) in [6.45, 7) is 5.51. The van der Waals surface area contributed by atoms with E-state index in [4.69, 9.17) is 0 Å². The number of amides is 1. The molecule has 1 aliphatic heterocycles. The minimum absolute atomic E-state index is 0.231. The molecule has 2 fully saturated rings. The van der Waals surface area contributed by atoms with Gasteiger partial charge in [0, 0.05) is 60.9 Å². The number of carbonyl (C=O) groups is 1. The summed E-state index contributed by atoms with van der Waals surface area (Å²) in [5.41, 5.74) is 3.37. The van der Waals surface area contributed by atoms with Crippen molar-refractivity contribution < 1.29 is 9.18 Å². The van der Waals surface area contributed by atoms with E-state index >= 15 is 0 Å². The molecule has 0 unspecified atom stereocenters. The Bertz CT molecular complexity index is 1440. The molecule has 1 saturated carbocycles. The molecule has 4 heterocycles. The molecule has 1 aliphatic carbocycles. The van der Waals surface area contributed by atoms with Crippen molar-refractivity contribution in [2.45, 2.75) is 51.6 Å². The SMILES string of the molecule is Cc1cn2cc(NC(=O)c3ccc(N4CCC(NC5CC5)CC4)c4cnc(C)nc34)cc(F)c2n1. The highest BCUT2D eigenvalue weighted by Crippen LogP contribution is 2.31. The van der Waals surface area contributed by atoms with Gasteiger partial charge in [-0.3, -0.25) is 4.79 Å². The second-order valence-electron chi connectivity index (χ2n) is 9.66. The average molecular weight is 474 g/mol. The molecule has 2 aliphatic rings. The molecular weight excluding hydrogens is 445 g/mol. The third kappa shape index (κ3) is 4.32. The molecular formula is C26H28FN7O. The summed E-state index contributed by atoms with van der Waals surface area (Å²) in [7, 11) is 0. The number of fused-ring (bicyclic) bond motifs is 2. The zero-order valence-corrected chi connectivity index (χ0v) is 19.9. The Hall–Kier alpha value is -3.59. The van der Waals surface area contributed by atoms with Crippen molar-refractivity contribution in [2.75, 3.05) is 23.3 Å². The lowest BCUT2D eigenvalue weighted by molar-refractivity contribution is 0.102. The molecule has 1 saturated heterocycles. The standard InChI is InChI=1S/C26H28FN7O/c1-15-13-34-14-19(11-22(27)25(34)29-15)32-26(35)20-5-6-23(21-12-28-16(2)30-24(20)21)33-9-7-18(8-10-33)31-17-3-4-17/h5-6,11-14,17-18,31H,3-4,7-10H2,1-2H3,(H,32,35). The minimum Gasteiger partial charge on any atom is -0.371 e. The first kappa shape index (κ1) is 21.9. The van der Waals surface area contributed by atoms with E-state index in [1.165, 1.54) is 18.9 Å². The average Bonchev–Trinajstić information content (AvgIpc) is 3.57. The molecule has 8 nitrogen and oxygen atoms in total. The lowest BCUT2D eigenvalue weighted by atomic mass is 10.0. The van der Waals surface area contributed by atoms with Gasteiger partial charge in [-0.25, -0.2) is 19.3 Å². The van der Waals surface area contributed by atoms with Gasteiger partial charge in [-0.05, 0) is 51.7 Å². The molecule has 4 aromatic rings. The summed E-state index contributed by atoms with van der Waals surface area (Å²) >= 11 is 0. The van der Waals surface area contributed by atoms with Crippen LogP contribution in [-0.4, -0.2) is 50.4 Å². The number of rotatable bonds is 5. The zero-order chi connectivity index (χ0) is 24.1. The molecule has 0 atom stereocenters. The fourth-order valence-electron chi connectivity index (χ4n) is 4.97. The van der Waals surface area contributed by atoms with Gasteiger partial charge in [0.25, 0.3) is 5.91 Å². The monoisotopic (exact) mass is 473 g/mol. The highest BCUT2D eigenvalue weighted by Gasteiger charge is 2.28. The summed E-state index contributed by atoms with van der Waals surface area (Å²) < 4.78 is 16.1. The Labute approximate surface area is 202 Å². The number of halogens is 1. The first-order valence-electron chi connectivity index (χ1n) is 12.2. The number of hydrogen-bond donors (Lipinski definition) is 2. The minimum atomic E-state index is -0.492. The van der Waals surface area contributed by atoms with Crippen LogP contribution in [0, 0.1) is 19.7 Å². The fourth-order valence-corrected chi connectivity index (χ4v) is 4.97. The van der Waals surface area contributed by atoms with Crippen LogP contribution < -0.4 is 15.5 Å². The van der Waals surface area contributed by atoms with Gasteiger partial charge in [0.05, 0.1) is 22.5 Å². The first-order valence-corrected chi connectivity index (χ1v) is 12.2. The first-order chi connectivity index (χ1) is 16.9. The van der Waals surface area contributed by atoms with Crippen molar-refractivity contribution >= 4 is 33.8 Å². The van der Waals surface area contributed by atoms with Crippen LogP contribution in [0.5, 0.6) is 0 Å². The second-order valence-corrected chi connectivity index (χ2v) is 9.66. The third-order valence-electron chi connectivity index (χ3n) is 6.86. The predicted octanol–water partition coefficient (Wildman–Crippen LogP) is 4.01. The molecule has 9 heteroatoms. The van der Waals surface area contributed by atoms with Crippen LogP contribution in [0.2, 0.25) is 0 Å². The Morgan fingerprint density at radius 3 is 2.60 bits per heavy atom. The maximum atomic E-state index is 14.5. The molecule has 6 rings (SSSR count). The van der Waals surface area contributed by atoms with E-state index < -0.39 is 5.82 Å². The van der Waals surface area contributed by atoms with E-state index in [1.807, 2.05) is 19.1 Å². The summed E-state index contributed by atoms with van der Waals surface area (Å²) in [5, 5.41) is 7.42. The van der Waals surface area contributed by atoms with Crippen LogP contribution >= 0.6 is 0 Å². The zero-order valence-electron chi connectivity index (χ0n) is 19.9. The quantitative estimate of drug-likeness (QED) is 0.456. The number of pyridine rings is 1. The Morgan fingerprint density at radius 1 is 1.06 bits per heavy atom. The highest BCUT2D eigenvalue weighted by atomic mass is 19.1. The molecule has 0 bridgehead atoms. The Morgan fingerprint density at radius 2 is 1.83 bits per heavy atom. The van der Waals surface area contributed by atoms with Crippen molar-refractivity contribution in [2.24, 2.45) is 0 Å². The largest absolute Gasteiger partial charge is 0.371 e. The number of benzene rings is 1. The van der Waals surface area contributed by atoms with E-state index in [0.717, 1.165) is 37.0 Å². The number of nitrogens with one attached hydrogen (secondary N) is 2. The van der Waals surface area contributed by atoms with E-state index in [0.29, 0.717) is 40.4 Å². The van der Waals surface area contributed by atoms with Crippen LogP contribution in [0.15, 0.2) is 36.8 Å². The number of imidazole rings is 1. The van der Waals surface area contributed by atoms with Crippen LogP contribution in [0.25, 0.3) is 16.6 Å². The van der Waals surface area contributed by atoms with Crippen LogP contribution in [-0.2, 0) is 0 Å². The molecule has 0 spiro atoms. The van der Waals surface area contributed by atoms with E-state index in [9.17, 15) is 9.18 Å². The molecule has 2 N–H and O–H groups in total. The molecule has 35 heavy (non-hydrogen) atoms. The number of hydrogen-bond acceptors (Lipinski definition) is 6. The molecule has 1 aromatic carbocycles. The lowest BCUT2D eigenvalue weighted by Gasteiger charge is -2.34. The molecule has 180 valence electrons. The van der Waals surface area contributed by atoms with Crippen LogP contribution in [0.3, 0.4) is 0 Å². The van der Waals surface area contributed by atoms with Gasteiger partial charge in [0.15, 0.2) is 11.5 Å². The number of nitrogens with zero attached hydrogens (tertiary/aromatic N) is 5. The van der Waals surface area contributed by atoms with Gasteiger partial charge in [0.1, 0.15) is 5.82 Å². The topological polar surface area (TPSA) is 87.5 Å². The summed E-state index contributed by atoms with van der Waals surface area (Å²) in [5.74, 6) is -0.242. The van der Waals surface area contributed by atoms with Gasteiger partial charge in [-0.1, -0.05) is 0 Å².